The molecule has 0 spiro atoms. The van der Waals surface area contributed by atoms with E-state index in [-0.39, 0.29) is 12.1 Å². The maximum atomic E-state index is 12.1. The molecule has 15 heavy (non-hydrogen) atoms. The van der Waals surface area contributed by atoms with E-state index in [9.17, 15) is 9.18 Å². The van der Waals surface area contributed by atoms with Crippen LogP contribution in [0.1, 0.15) is 0 Å². The average Bonchev–Trinajstić information content (AvgIpc) is 2.23. The summed E-state index contributed by atoms with van der Waals surface area (Å²) in [6, 6.07) is 4.90. The largest absolute Gasteiger partial charge is 0.399 e. The van der Waals surface area contributed by atoms with Gasteiger partial charge < -0.3 is 5.73 Å². The molecule has 0 radical (unpaired) electrons. The van der Waals surface area contributed by atoms with E-state index in [0.29, 0.717) is 16.6 Å². The number of halogens is 1. The minimum absolute atomic E-state index is 0.0244. The van der Waals surface area contributed by atoms with E-state index in [1.807, 2.05) is 0 Å². The smallest absolute Gasteiger partial charge is 0.261 e. The molecule has 0 atom stereocenters. The summed E-state index contributed by atoms with van der Waals surface area (Å²) in [7, 11) is 0. The van der Waals surface area contributed by atoms with Crippen LogP contribution in [-0.4, -0.2) is 16.2 Å². The van der Waals surface area contributed by atoms with Gasteiger partial charge in [0.25, 0.3) is 5.56 Å². The second-order valence-corrected chi connectivity index (χ2v) is 3.21. The zero-order valence-electron chi connectivity index (χ0n) is 7.98. The van der Waals surface area contributed by atoms with Gasteiger partial charge in [-0.3, -0.25) is 9.36 Å². The van der Waals surface area contributed by atoms with Gasteiger partial charge >= 0.3 is 0 Å². The lowest BCUT2D eigenvalue weighted by atomic mass is 10.2. The van der Waals surface area contributed by atoms with Gasteiger partial charge in [-0.25, -0.2) is 9.37 Å². The molecule has 0 aliphatic carbocycles. The Morgan fingerprint density at radius 1 is 1.47 bits per heavy atom. The van der Waals surface area contributed by atoms with Gasteiger partial charge in [-0.15, -0.1) is 0 Å². The van der Waals surface area contributed by atoms with Gasteiger partial charge in [0.1, 0.15) is 6.67 Å². The molecule has 0 saturated carbocycles. The third kappa shape index (κ3) is 1.68. The van der Waals surface area contributed by atoms with Crippen LogP contribution in [0.2, 0.25) is 0 Å². The fourth-order valence-corrected chi connectivity index (χ4v) is 1.43. The van der Waals surface area contributed by atoms with Crippen molar-refractivity contribution in [3.8, 4) is 0 Å². The number of alkyl halides is 1. The lowest BCUT2D eigenvalue weighted by Gasteiger charge is -2.03. The first-order chi connectivity index (χ1) is 7.22. The highest BCUT2D eigenvalue weighted by Crippen LogP contribution is 2.10. The first kappa shape index (κ1) is 9.64. The van der Waals surface area contributed by atoms with E-state index in [4.69, 9.17) is 5.73 Å². The van der Waals surface area contributed by atoms with Gasteiger partial charge in [0.15, 0.2) is 0 Å². The number of hydrogen-bond donors (Lipinski definition) is 1. The summed E-state index contributed by atoms with van der Waals surface area (Å²) in [6.45, 7) is -0.564. The highest BCUT2D eigenvalue weighted by atomic mass is 19.1. The van der Waals surface area contributed by atoms with Crippen molar-refractivity contribution in [3.63, 3.8) is 0 Å². The van der Waals surface area contributed by atoms with Crippen molar-refractivity contribution >= 4 is 16.6 Å². The lowest BCUT2D eigenvalue weighted by molar-refractivity contribution is 0.439. The molecule has 0 saturated heterocycles. The molecule has 4 nitrogen and oxygen atoms in total. The van der Waals surface area contributed by atoms with Crippen LogP contribution in [0, 0.1) is 0 Å². The molecule has 1 heterocycles. The van der Waals surface area contributed by atoms with E-state index < -0.39 is 6.67 Å². The minimum atomic E-state index is -0.588. The molecule has 0 aliphatic heterocycles. The fourth-order valence-electron chi connectivity index (χ4n) is 1.43. The van der Waals surface area contributed by atoms with Gasteiger partial charge in [0.05, 0.1) is 23.8 Å². The second-order valence-electron chi connectivity index (χ2n) is 3.21. The molecule has 2 aromatic rings. The summed E-state index contributed by atoms with van der Waals surface area (Å²) in [5.41, 5.74) is 6.38. The summed E-state index contributed by atoms with van der Waals surface area (Å²) >= 11 is 0. The van der Waals surface area contributed by atoms with Crippen molar-refractivity contribution in [2.24, 2.45) is 0 Å². The number of nitrogen functional groups attached to an aromatic ring is 1. The Balaban J connectivity index is 2.71. The van der Waals surface area contributed by atoms with Crippen LogP contribution in [0.4, 0.5) is 10.1 Å². The Hall–Kier alpha value is -1.91. The monoisotopic (exact) mass is 207 g/mol. The zero-order valence-corrected chi connectivity index (χ0v) is 7.98. The standard InChI is InChI=1S/C10H10FN3O/c11-3-4-14-6-13-9-2-1-7(12)5-8(9)10(14)15/h1-2,5-6H,3-4,12H2. The van der Waals surface area contributed by atoms with E-state index in [1.165, 1.54) is 10.9 Å². The van der Waals surface area contributed by atoms with Crippen molar-refractivity contribution in [2.75, 3.05) is 12.4 Å². The second kappa shape index (κ2) is 3.68. The van der Waals surface area contributed by atoms with Crippen LogP contribution < -0.4 is 11.3 Å². The summed E-state index contributed by atoms with van der Waals surface area (Å²) in [5, 5.41) is 0.422. The first-order valence-electron chi connectivity index (χ1n) is 4.53. The highest BCUT2D eigenvalue weighted by molar-refractivity contribution is 5.80. The van der Waals surface area contributed by atoms with Crippen molar-refractivity contribution in [1.82, 2.24) is 9.55 Å². The normalized spacial score (nSPS) is 10.7. The highest BCUT2D eigenvalue weighted by Gasteiger charge is 2.03. The van der Waals surface area contributed by atoms with Crippen molar-refractivity contribution in [1.29, 1.82) is 0 Å². The van der Waals surface area contributed by atoms with Gasteiger partial charge in [0.2, 0.25) is 0 Å². The molecular formula is C10H10FN3O. The number of nitrogens with zero attached hydrogens (tertiary/aromatic N) is 2. The Labute approximate surface area is 85.2 Å². The van der Waals surface area contributed by atoms with E-state index in [0.717, 1.165) is 0 Å². The van der Waals surface area contributed by atoms with Gasteiger partial charge in [-0.1, -0.05) is 0 Å². The van der Waals surface area contributed by atoms with Crippen LogP contribution in [0.25, 0.3) is 10.9 Å². The van der Waals surface area contributed by atoms with Crippen molar-refractivity contribution < 1.29 is 4.39 Å². The Morgan fingerprint density at radius 2 is 2.27 bits per heavy atom. The van der Waals surface area contributed by atoms with Crippen LogP contribution in [0.5, 0.6) is 0 Å². The summed E-state index contributed by atoms with van der Waals surface area (Å²) < 4.78 is 13.4. The van der Waals surface area contributed by atoms with Crippen LogP contribution in [-0.2, 0) is 6.54 Å². The zero-order chi connectivity index (χ0) is 10.8. The van der Waals surface area contributed by atoms with Gasteiger partial charge in [-0.05, 0) is 18.2 Å². The van der Waals surface area contributed by atoms with E-state index >= 15 is 0 Å². The first-order valence-corrected chi connectivity index (χ1v) is 4.53. The van der Waals surface area contributed by atoms with E-state index in [2.05, 4.69) is 4.98 Å². The third-order valence-electron chi connectivity index (χ3n) is 2.17. The topological polar surface area (TPSA) is 60.9 Å². The maximum Gasteiger partial charge on any atom is 0.261 e. The molecule has 78 valence electrons. The predicted octanol–water partition coefficient (Wildman–Crippen LogP) is 0.948. The van der Waals surface area contributed by atoms with Crippen molar-refractivity contribution in [3.05, 3.63) is 34.9 Å². The number of rotatable bonds is 2. The van der Waals surface area contributed by atoms with Crippen molar-refractivity contribution in [2.45, 2.75) is 6.54 Å². The van der Waals surface area contributed by atoms with Gasteiger partial charge in [0, 0.05) is 5.69 Å². The quantitative estimate of drug-likeness (QED) is 0.746. The molecule has 2 N–H and O–H groups in total. The maximum absolute atomic E-state index is 12.1. The lowest BCUT2D eigenvalue weighted by Crippen LogP contribution is -2.21. The number of nitrogens with two attached hydrogens (primary N) is 1. The molecule has 0 bridgehead atoms. The number of aryl methyl sites for hydroxylation is 1. The average molecular weight is 207 g/mol. The SMILES string of the molecule is Nc1ccc2ncn(CCF)c(=O)c2c1. The summed E-state index contributed by atoms with van der Waals surface area (Å²) in [4.78, 5) is 15.8. The Morgan fingerprint density at radius 3 is 3.00 bits per heavy atom. The number of hydrogen-bond acceptors (Lipinski definition) is 3. The summed E-state index contributed by atoms with van der Waals surface area (Å²) in [5.74, 6) is 0. The molecule has 0 amide bonds. The summed E-state index contributed by atoms with van der Waals surface area (Å²) in [6.07, 6.45) is 1.35. The minimum Gasteiger partial charge on any atom is -0.399 e. The number of benzene rings is 1. The van der Waals surface area contributed by atoms with Gasteiger partial charge in [-0.2, -0.15) is 0 Å². The third-order valence-corrected chi connectivity index (χ3v) is 2.17. The molecule has 0 fully saturated rings. The van der Waals surface area contributed by atoms with Crippen LogP contribution in [0.15, 0.2) is 29.3 Å². The number of fused-ring (bicyclic) bond motifs is 1. The molecule has 0 unspecified atom stereocenters. The number of aromatic nitrogens is 2. The fraction of sp³-hybridized carbons (Fsp3) is 0.200. The molecule has 0 aliphatic rings. The predicted molar refractivity (Wildman–Crippen MR) is 56.4 cm³/mol. The molecule has 2 rings (SSSR count). The molecular weight excluding hydrogens is 197 g/mol. The molecule has 5 heteroatoms. The van der Waals surface area contributed by atoms with Crippen LogP contribution >= 0.6 is 0 Å². The number of anilines is 1. The van der Waals surface area contributed by atoms with E-state index in [1.54, 1.807) is 18.2 Å². The molecule has 1 aromatic heterocycles. The Kier molecular flexibility index (Phi) is 2.37. The molecule has 1 aromatic carbocycles. The Bertz CT molecular complexity index is 550. The van der Waals surface area contributed by atoms with Crippen LogP contribution in [0.3, 0.4) is 0 Å².